The number of amides is 5. The van der Waals surface area contributed by atoms with E-state index in [9.17, 15) is 24.3 Å². The number of ether oxygens (including phenoxy) is 1. The van der Waals surface area contributed by atoms with E-state index in [1.807, 2.05) is 135 Å². The van der Waals surface area contributed by atoms with Gasteiger partial charge in [0.05, 0.1) is 18.7 Å². The van der Waals surface area contributed by atoms with E-state index in [4.69, 9.17) is 10.5 Å². The highest BCUT2D eigenvalue weighted by Crippen LogP contribution is 2.14. The molecule has 0 fully saturated rings. The van der Waals surface area contributed by atoms with Crippen LogP contribution in [0, 0.1) is 5.92 Å². The Morgan fingerprint density at radius 2 is 1.17 bits per heavy atom. The van der Waals surface area contributed by atoms with Crippen LogP contribution in [0.2, 0.25) is 0 Å². The van der Waals surface area contributed by atoms with Gasteiger partial charge in [-0.25, -0.2) is 9.59 Å². The number of carbonyl (C=O) groups excluding carboxylic acids is 4. The molecule has 0 heterocycles. The van der Waals surface area contributed by atoms with Gasteiger partial charge in [0.2, 0.25) is 11.8 Å². The fourth-order valence-electron chi connectivity index (χ4n) is 5.73. The van der Waals surface area contributed by atoms with E-state index >= 15 is 0 Å². The van der Waals surface area contributed by atoms with E-state index < -0.39 is 48.2 Å². The fourth-order valence-corrected chi connectivity index (χ4v) is 5.73. The smallest absolute Gasteiger partial charge is 0.407 e. The maximum absolute atomic E-state index is 14.1. The van der Waals surface area contributed by atoms with Crippen molar-refractivity contribution < 1.29 is 29.0 Å². The second kappa shape index (κ2) is 20.2. The molecule has 0 spiro atoms. The highest BCUT2D eigenvalue weighted by Gasteiger charge is 2.31. The van der Waals surface area contributed by atoms with Crippen LogP contribution in [0.25, 0.3) is 0 Å². The number of urea groups is 1. The summed E-state index contributed by atoms with van der Waals surface area (Å²) in [7, 11) is 0. The third kappa shape index (κ3) is 13.2. The Labute approximate surface area is 305 Å². The van der Waals surface area contributed by atoms with Crippen LogP contribution in [-0.2, 0) is 40.3 Å². The monoisotopic (exact) mass is 707 g/mol. The van der Waals surface area contributed by atoms with Gasteiger partial charge in [-0.05, 0) is 41.0 Å². The molecule has 11 heteroatoms. The molecule has 52 heavy (non-hydrogen) atoms. The van der Waals surface area contributed by atoms with Crippen LogP contribution in [0.5, 0.6) is 0 Å². The summed E-state index contributed by atoms with van der Waals surface area (Å²) in [4.78, 5) is 54.5. The molecule has 11 nitrogen and oxygen atoms in total. The molecule has 0 aliphatic heterocycles. The molecule has 0 saturated heterocycles. The van der Waals surface area contributed by atoms with Crippen molar-refractivity contribution in [3.05, 3.63) is 144 Å². The number of aliphatic hydroxyl groups excluding tert-OH is 1. The van der Waals surface area contributed by atoms with Gasteiger partial charge in [-0.15, -0.1) is 0 Å². The van der Waals surface area contributed by atoms with E-state index in [1.165, 1.54) is 4.90 Å². The molecule has 0 aromatic heterocycles. The Morgan fingerprint density at radius 3 is 1.69 bits per heavy atom. The number of nitrogens with one attached hydrogen (secondary N) is 3. The minimum absolute atomic E-state index is 0.00622. The fraction of sp³-hybridized carbons (Fsp3) is 0.317. The molecule has 4 rings (SSSR count). The van der Waals surface area contributed by atoms with Crippen LogP contribution in [0.3, 0.4) is 0 Å². The van der Waals surface area contributed by atoms with Gasteiger partial charge < -0.3 is 36.4 Å². The van der Waals surface area contributed by atoms with E-state index in [2.05, 4.69) is 16.0 Å². The molecule has 0 aliphatic rings. The zero-order valence-corrected chi connectivity index (χ0v) is 29.7. The normalized spacial score (nSPS) is 13.2. The van der Waals surface area contributed by atoms with Gasteiger partial charge >= 0.3 is 12.1 Å². The number of aliphatic hydroxyl groups is 1. The zero-order chi connectivity index (χ0) is 37.3. The summed E-state index contributed by atoms with van der Waals surface area (Å²) in [5.74, 6) is -1.24. The van der Waals surface area contributed by atoms with Crippen LogP contribution in [-0.4, -0.2) is 64.7 Å². The lowest BCUT2D eigenvalue weighted by Crippen LogP contribution is -2.57. The van der Waals surface area contributed by atoms with Crippen LogP contribution in [0.1, 0.15) is 42.5 Å². The quantitative estimate of drug-likeness (QED) is 0.101. The third-order valence-electron chi connectivity index (χ3n) is 8.45. The van der Waals surface area contributed by atoms with Crippen LogP contribution >= 0.6 is 0 Å². The SMILES string of the molecule is CC(C)C[C@H](NC(=O)N(Cc1ccccc1)C[C@@H](O)[C@H](Cc1ccccc1)NC(=O)OCc1ccccc1)C(=O)N[C@@H](Cc1ccccc1)C(N)=O. The molecule has 6 N–H and O–H groups in total. The number of alkyl carbamates (subject to hydrolysis) is 1. The highest BCUT2D eigenvalue weighted by molar-refractivity contribution is 5.91. The van der Waals surface area contributed by atoms with Gasteiger partial charge in [-0.2, -0.15) is 0 Å². The maximum Gasteiger partial charge on any atom is 0.407 e. The second-order valence-corrected chi connectivity index (χ2v) is 13.2. The Kier molecular flexibility index (Phi) is 15.2. The van der Waals surface area contributed by atoms with Crippen molar-refractivity contribution in [2.24, 2.45) is 11.7 Å². The maximum atomic E-state index is 14.1. The summed E-state index contributed by atoms with van der Waals surface area (Å²) >= 11 is 0. The van der Waals surface area contributed by atoms with Crippen LogP contribution < -0.4 is 21.7 Å². The lowest BCUT2D eigenvalue weighted by molar-refractivity contribution is -0.128. The average molecular weight is 708 g/mol. The van der Waals surface area contributed by atoms with E-state index in [1.54, 1.807) is 0 Å². The molecule has 5 amide bonds. The second-order valence-electron chi connectivity index (χ2n) is 13.2. The highest BCUT2D eigenvalue weighted by atomic mass is 16.5. The van der Waals surface area contributed by atoms with Crippen molar-refractivity contribution in [1.82, 2.24) is 20.9 Å². The molecular weight excluding hydrogens is 658 g/mol. The number of rotatable bonds is 18. The Balaban J connectivity index is 1.52. The van der Waals surface area contributed by atoms with Crippen molar-refractivity contribution >= 4 is 23.9 Å². The first kappa shape index (κ1) is 39.1. The predicted octanol–water partition coefficient (Wildman–Crippen LogP) is 4.72. The number of nitrogens with two attached hydrogens (primary N) is 1. The van der Waals surface area contributed by atoms with E-state index in [0.717, 1.165) is 22.3 Å². The lowest BCUT2D eigenvalue weighted by Gasteiger charge is -2.32. The first-order chi connectivity index (χ1) is 25.1. The van der Waals surface area contributed by atoms with Crippen molar-refractivity contribution in [1.29, 1.82) is 0 Å². The van der Waals surface area contributed by atoms with Crippen LogP contribution in [0.4, 0.5) is 9.59 Å². The molecule has 4 aromatic rings. The number of nitrogens with zero attached hydrogens (tertiary/aromatic N) is 1. The van der Waals surface area contributed by atoms with Crippen molar-refractivity contribution in [2.45, 2.75) is 70.5 Å². The van der Waals surface area contributed by atoms with Gasteiger partial charge in [0.25, 0.3) is 0 Å². The predicted molar refractivity (Wildman–Crippen MR) is 200 cm³/mol. The van der Waals surface area contributed by atoms with E-state index in [-0.39, 0.29) is 44.9 Å². The number of hydrogen-bond donors (Lipinski definition) is 5. The molecule has 0 saturated carbocycles. The molecule has 4 atom stereocenters. The first-order valence-corrected chi connectivity index (χ1v) is 17.5. The van der Waals surface area contributed by atoms with Gasteiger partial charge in [-0.3, -0.25) is 9.59 Å². The van der Waals surface area contributed by atoms with Crippen molar-refractivity contribution in [3.63, 3.8) is 0 Å². The number of benzene rings is 4. The molecule has 0 unspecified atom stereocenters. The summed E-state index contributed by atoms with van der Waals surface area (Å²) in [6.45, 7) is 3.80. The van der Waals surface area contributed by atoms with Crippen LogP contribution in [0.15, 0.2) is 121 Å². The standard InChI is InChI=1S/C41H49N5O6/c1-29(2)23-36(39(49)43-35(38(42)48)25-31-17-9-4-10-18-31)44-40(50)46(26-32-19-11-5-12-20-32)27-37(47)34(24-30-15-7-3-8-16-30)45-41(51)52-28-33-21-13-6-14-22-33/h3-22,29,34-37,47H,23-28H2,1-2H3,(H2,42,48)(H,43,49)(H,44,50)(H,45,51)/t34-,35-,36-,37+/m0/s1. The largest absolute Gasteiger partial charge is 0.445 e. The summed E-state index contributed by atoms with van der Waals surface area (Å²) in [5, 5.41) is 20.1. The lowest BCUT2D eigenvalue weighted by atomic mass is 10.0. The topological polar surface area (TPSA) is 163 Å². The summed E-state index contributed by atoms with van der Waals surface area (Å²) in [6.07, 6.45) is -1.21. The van der Waals surface area contributed by atoms with Gasteiger partial charge in [0.1, 0.15) is 18.7 Å². The Morgan fingerprint density at radius 1 is 0.673 bits per heavy atom. The zero-order valence-electron chi connectivity index (χ0n) is 29.7. The van der Waals surface area contributed by atoms with E-state index in [0.29, 0.717) is 0 Å². The van der Waals surface area contributed by atoms with Gasteiger partial charge in [0.15, 0.2) is 0 Å². The summed E-state index contributed by atoms with van der Waals surface area (Å²) in [6, 6.07) is 33.6. The number of hydrogen-bond acceptors (Lipinski definition) is 6. The first-order valence-electron chi connectivity index (χ1n) is 17.5. The average Bonchev–Trinajstić information content (AvgIpc) is 3.14. The number of primary amides is 1. The summed E-state index contributed by atoms with van der Waals surface area (Å²) in [5.41, 5.74) is 8.96. The molecule has 4 aromatic carbocycles. The summed E-state index contributed by atoms with van der Waals surface area (Å²) < 4.78 is 5.46. The molecule has 0 bridgehead atoms. The van der Waals surface area contributed by atoms with Crippen molar-refractivity contribution in [3.8, 4) is 0 Å². The number of carbonyl (C=O) groups is 4. The minimum Gasteiger partial charge on any atom is -0.445 e. The van der Waals surface area contributed by atoms with Gasteiger partial charge in [-0.1, -0.05) is 135 Å². The minimum atomic E-state index is -1.23. The van der Waals surface area contributed by atoms with Crippen molar-refractivity contribution in [2.75, 3.05) is 6.54 Å². The Bertz CT molecular complexity index is 1690. The van der Waals surface area contributed by atoms with Gasteiger partial charge in [0, 0.05) is 13.0 Å². The molecule has 0 radical (unpaired) electrons. The Hall–Kier alpha value is -5.68. The molecular formula is C41H49N5O6. The molecule has 0 aliphatic carbocycles. The third-order valence-corrected chi connectivity index (χ3v) is 8.45. The molecule has 274 valence electrons.